The molecular formula is C68H100O30. The third-order valence-corrected chi connectivity index (χ3v) is 24.5. The van der Waals surface area contributed by atoms with Crippen LogP contribution < -0.4 is 4.74 Å². The van der Waals surface area contributed by atoms with E-state index in [9.17, 15) is 86.2 Å². The van der Waals surface area contributed by atoms with Gasteiger partial charge in [-0.1, -0.05) is 51.5 Å². The van der Waals surface area contributed by atoms with Gasteiger partial charge in [-0.3, -0.25) is 9.59 Å². The Bertz CT molecular complexity index is 3040. The minimum atomic E-state index is -2.05. The van der Waals surface area contributed by atoms with Crippen molar-refractivity contribution in [2.24, 2.45) is 50.2 Å². The first-order valence-corrected chi connectivity index (χ1v) is 34.0. The molecule has 0 bridgehead atoms. The van der Waals surface area contributed by atoms with E-state index in [2.05, 4.69) is 26.8 Å². The summed E-state index contributed by atoms with van der Waals surface area (Å²) in [5.41, 5.74) is -4.83. The first kappa shape index (κ1) is 75.2. The monoisotopic (exact) mass is 1400 g/mol. The number of allylic oxidation sites excluding steroid dienone is 1. The molecule has 0 radical (unpaired) electrons. The van der Waals surface area contributed by atoms with Crippen LogP contribution in [0.5, 0.6) is 5.75 Å². The Morgan fingerprint density at radius 3 is 1.88 bits per heavy atom. The first-order chi connectivity index (χ1) is 46.1. The van der Waals surface area contributed by atoms with E-state index in [0.717, 1.165) is 11.6 Å². The fourth-order valence-corrected chi connectivity index (χ4v) is 18.7. The number of hydrogen-bond acceptors (Lipinski definition) is 29. The lowest BCUT2D eigenvalue weighted by Crippen LogP contribution is -2.71. The molecule has 33 atom stereocenters. The van der Waals surface area contributed by atoms with Crippen molar-refractivity contribution in [3.8, 4) is 5.75 Å². The quantitative estimate of drug-likeness (QED) is 0.0362. The molecule has 1 aromatic rings. The summed E-state index contributed by atoms with van der Waals surface area (Å²) >= 11 is 0. The molecule has 552 valence electrons. The molecule has 4 saturated carbocycles. The molecule has 0 unspecified atom stereocenters. The van der Waals surface area contributed by atoms with Crippen LogP contribution in [0.1, 0.15) is 112 Å². The molecular weight excluding hydrogens is 1300 g/mol. The molecule has 5 aliphatic carbocycles. The Labute approximate surface area is 566 Å². The van der Waals surface area contributed by atoms with Gasteiger partial charge in [0, 0.05) is 11.5 Å². The topological polar surface area (TPSA) is 465 Å². The van der Waals surface area contributed by atoms with Crippen LogP contribution in [-0.4, -0.2) is 282 Å². The summed E-state index contributed by atoms with van der Waals surface area (Å²) < 4.78 is 71.0. The smallest absolute Gasteiger partial charge is 0.331 e. The minimum Gasteiger partial charge on any atom is -0.497 e. The van der Waals surface area contributed by atoms with Crippen molar-refractivity contribution in [3.05, 3.63) is 47.6 Å². The van der Waals surface area contributed by atoms with Crippen LogP contribution in [0.25, 0.3) is 6.08 Å². The number of aliphatic hydroxyl groups excluding tert-OH is 14. The molecule has 0 spiro atoms. The number of carboxylic acids is 1. The van der Waals surface area contributed by atoms with Crippen molar-refractivity contribution in [1.29, 1.82) is 0 Å². The maximum atomic E-state index is 15.9. The van der Waals surface area contributed by atoms with Gasteiger partial charge in [0.05, 0.1) is 62.7 Å². The number of esters is 2. The molecule has 10 aliphatic rings. The van der Waals surface area contributed by atoms with E-state index < -0.39 is 230 Å². The molecule has 11 rings (SSSR count). The van der Waals surface area contributed by atoms with E-state index in [1.165, 1.54) is 34.0 Å². The average molecular weight is 1400 g/mol. The van der Waals surface area contributed by atoms with E-state index in [0.29, 0.717) is 43.4 Å². The molecule has 5 aliphatic heterocycles. The highest BCUT2D eigenvalue weighted by Crippen LogP contribution is 2.76. The van der Waals surface area contributed by atoms with Crippen molar-refractivity contribution >= 4 is 24.0 Å². The largest absolute Gasteiger partial charge is 0.497 e. The molecule has 15 N–H and O–H groups in total. The number of carbonyl (C=O) groups excluding carboxylic acids is 2. The van der Waals surface area contributed by atoms with E-state index >= 15 is 4.79 Å². The van der Waals surface area contributed by atoms with Gasteiger partial charge in [0.2, 0.25) is 6.29 Å². The van der Waals surface area contributed by atoms with Crippen molar-refractivity contribution in [1.82, 2.24) is 0 Å². The Morgan fingerprint density at radius 2 is 1.20 bits per heavy atom. The van der Waals surface area contributed by atoms with Crippen LogP contribution in [0.3, 0.4) is 0 Å². The van der Waals surface area contributed by atoms with Gasteiger partial charge in [-0.25, -0.2) is 4.79 Å². The zero-order valence-electron chi connectivity index (χ0n) is 56.2. The fraction of sp³-hybridized carbons (Fsp3) is 0.809. The van der Waals surface area contributed by atoms with Crippen molar-refractivity contribution in [3.63, 3.8) is 0 Å². The summed E-state index contributed by atoms with van der Waals surface area (Å²) in [6.45, 7) is 10.6. The summed E-state index contributed by atoms with van der Waals surface area (Å²) in [4.78, 5) is 43.4. The maximum Gasteiger partial charge on any atom is 0.331 e. The number of ether oxygens (including phenoxy) is 12. The van der Waals surface area contributed by atoms with E-state index in [1.54, 1.807) is 24.3 Å². The van der Waals surface area contributed by atoms with Crippen LogP contribution in [0.15, 0.2) is 42.0 Å². The van der Waals surface area contributed by atoms with Crippen molar-refractivity contribution in [2.45, 2.75) is 260 Å². The summed E-state index contributed by atoms with van der Waals surface area (Å²) in [6, 6.07) is 6.76. The molecule has 30 heteroatoms. The molecule has 5 heterocycles. The fourth-order valence-electron chi connectivity index (χ4n) is 18.7. The summed E-state index contributed by atoms with van der Waals surface area (Å²) in [7, 11) is 1.51. The molecule has 9 fully saturated rings. The second kappa shape index (κ2) is 28.6. The predicted octanol–water partition coefficient (Wildman–Crippen LogP) is -1.60. The van der Waals surface area contributed by atoms with Gasteiger partial charge in [-0.2, -0.15) is 0 Å². The highest BCUT2D eigenvalue weighted by molar-refractivity contribution is 5.87. The molecule has 0 aromatic heterocycles. The number of aliphatic carboxylic acids is 1. The van der Waals surface area contributed by atoms with Crippen LogP contribution in [-0.2, 0) is 66.5 Å². The Morgan fingerprint density at radius 1 is 0.592 bits per heavy atom. The van der Waals surface area contributed by atoms with Crippen molar-refractivity contribution in [2.75, 3.05) is 33.5 Å². The van der Waals surface area contributed by atoms with Gasteiger partial charge in [0.25, 0.3) is 0 Å². The number of hydrogen-bond donors (Lipinski definition) is 15. The zero-order chi connectivity index (χ0) is 71.3. The summed E-state index contributed by atoms with van der Waals surface area (Å²) in [5, 5.41) is 167. The second-order valence-electron chi connectivity index (χ2n) is 30.5. The number of benzene rings is 1. The number of methoxy groups -OCH3 is 1. The minimum absolute atomic E-state index is 0.0129. The number of aliphatic hydroxyl groups is 14. The third kappa shape index (κ3) is 13.0. The number of carboxylic acid groups (broad SMARTS) is 1. The molecule has 1 aromatic carbocycles. The Balaban J connectivity index is 0.848. The van der Waals surface area contributed by atoms with E-state index in [-0.39, 0.29) is 43.6 Å². The highest BCUT2D eigenvalue weighted by Gasteiger charge is 2.74. The van der Waals surface area contributed by atoms with Gasteiger partial charge >= 0.3 is 17.9 Å². The lowest BCUT2D eigenvalue weighted by atomic mass is 9.33. The van der Waals surface area contributed by atoms with Gasteiger partial charge in [-0.05, 0) is 136 Å². The van der Waals surface area contributed by atoms with Crippen LogP contribution in [0, 0.1) is 50.2 Å². The van der Waals surface area contributed by atoms with Crippen LogP contribution >= 0.6 is 0 Å². The molecule has 0 amide bonds. The number of rotatable bonds is 17. The lowest BCUT2D eigenvalue weighted by molar-refractivity contribution is -0.377. The average Bonchev–Trinajstić information content (AvgIpc) is 0.670. The maximum absolute atomic E-state index is 15.9. The molecule has 5 saturated heterocycles. The standard InChI is InChI=1S/C68H100O30/c1-29-52(95-57-48(80)44(76)38(27-89-57)93-56-47(79)42(74)36(72)26-88-56)46(78)50(82)58(90-29)96-54-51(83)53(94-41(73)16-11-31-9-12-32(87-8)13-10-31)30(2)91-60(54)98-62(86)67-20-19-63(3,4)23-34(67)33-14-15-39-64(5)24-35(71)55(97-59-49(81)45(77)43(75)37(25-69)92-59)66(7,61(84)85)40(64)17-18-65(39,6)68(33,28-70)22-21-67/h9-14,16,29-30,34-40,42-60,69-72,74-83H,15,17-28H2,1-8H3,(H,84,85)/b16-11+/t29-,30+,34+,35+,36+,37-,38-,39-,40-,42+,43-,44+,45+,46-,47-,48-,49-,50+,51-,52-,53-,54+,55+,56+,57+,58-,59+,60-,64-,65-,66+,67+,68+/m1/s1. The summed E-state index contributed by atoms with van der Waals surface area (Å²) in [5.74, 6) is -4.02. The van der Waals surface area contributed by atoms with Gasteiger partial charge in [0.15, 0.2) is 37.4 Å². The van der Waals surface area contributed by atoms with Gasteiger partial charge < -0.3 is 133 Å². The highest BCUT2D eigenvalue weighted by atomic mass is 16.8. The SMILES string of the molecule is COc1ccc(/C=C/C(=O)O[C@H]2[C@@H](O)[C@H](O[C@H]3O[C@H](C)[C@@H](O[C@@H]4OC[C@@H](O[C@@H]5OC[C@H](O)[C@H](O)[C@H]5O)[C@H](O)[C@H]4O)[C@H](O)[C@@H]3O)[C@@H](OC(=O)[C@]34CCC(C)(C)C[C@H]3C3=CC[C@@H]5[C@@]6(C)C[C@H](O)[C@H](O[C@@H]7O[C@H](CO)[C@@H](O)[C@H](O)[C@H]7O)[C@@](C)(C(=O)O)[C@@H]6CC[C@@]5(C)[C@]3(CO)CC4)O[C@H]2C)cc1. The molecule has 30 nitrogen and oxygen atoms in total. The predicted molar refractivity (Wildman–Crippen MR) is 331 cm³/mol. The van der Waals surface area contributed by atoms with Crippen LogP contribution in [0.4, 0.5) is 0 Å². The Kier molecular flexibility index (Phi) is 21.9. The lowest BCUT2D eigenvalue weighted by Gasteiger charge is -2.71. The number of carbonyl (C=O) groups is 3. The summed E-state index contributed by atoms with van der Waals surface area (Å²) in [6.07, 6.45) is -34.0. The van der Waals surface area contributed by atoms with E-state index in [4.69, 9.17) is 56.8 Å². The van der Waals surface area contributed by atoms with E-state index in [1.807, 2.05) is 6.92 Å². The van der Waals surface area contributed by atoms with Crippen LogP contribution in [0.2, 0.25) is 0 Å². The zero-order valence-corrected chi connectivity index (χ0v) is 56.2. The Hall–Kier alpha value is -4.01. The van der Waals surface area contributed by atoms with Crippen molar-refractivity contribution < 1.29 is 148 Å². The van der Waals surface area contributed by atoms with Gasteiger partial charge in [-0.15, -0.1) is 0 Å². The molecule has 98 heavy (non-hydrogen) atoms. The third-order valence-electron chi connectivity index (χ3n) is 24.5. The second-order valence-corrected chi connectivity index (χ2v) is 30.5. The normalized spacial score (nSPS) is 49.4. The number of fused-ring (bicyclic) bond motifs is 7. The first-order valence-electron chi connectivity index (χ1n) is 34.0. The van der Waals surface area contributed by atoms with Gasteiger partial charge in [0.1, 0.15) is 97.3 Å².